The summed E-state index contributed by atoms with van der Waals surface area (Å²) in [5.41, 5.74) is 1.25. The molecule has 0 saturated heterocycles. The molecule has 1 heterocycles. The van der Waals surface area contributed by atoms with Gasteiger partial charge in [0.05, 0.1) is 11.7 Å². The first-order valence-electron chi connectivity index (χ1n) is 5.01. The maximum atomic E-state index is 10.9. The van der Waals surface area contributed by atoms with Crippen molar-refractivity contribution < 1.29 is 9.90 Å². The van der Waals surface area contributed by atoms with Crippen LogP contribution in [0.1, 0.15) is 17.4 Å². The van der Waals surface area contributed by atoms with Crippen LogP contribution in [0.15, 0.2) is 29.2 Å². The summed E-state index contributed by atoms with van der Waals surface area (Å²) in [5, 5.41) is 8.95. The van der Waals surface area contributed by atoms with Gasteiger partial charge in [0.15, 0.2) is 5.69 Å². The second-order valence-corrected chi connectivity index (χ2v) is 5.09. The van der Waals surface area contributed by atoms with Gasteiger partial charge >= 0.3 is 5.97 Å². The first kappa shape index (κ1) is 12.1. The molecular formula is C11H10N2O2S2. The van der Waals surface area contributed by atoms with Crippen molar-refractivity contribution >= 4 is 29.5 Å². The van der Waals surface area contributed by atoms with Crippen LogP contribution in [-0.4, -0.2) is 25.6 Å². The lowest BCUT2D eigenvalue weighted by Gasteiger charge is -2.01. The number of rotatable bonds is 4. The van der Waals surface area contributed by atoms with Crippen LogP contribution in [-0.2, 0) is 0 Å². The Balaban J connectivity index is 2.33. The minimum Gasteiger partial charge on any atom is -0.476 e. The van der Waals surface area contributed by atoms with Crippen molar-refractivity contribution in [3.63, 3.8) is 0 Å². The monoisotopic (exact) mass is 266 g/mol. The van der Waals surface area contributed by atoms with Crippen LogP contribution >= 0.6 is 23.5 Å². The molecule has 6 heteroatoms. The van der Waals surface area contributed by atoms with Gasteiger partial charge in [0.25, 0.3) is 0 Å². The molecule has 0 aliphatic carbocycles. The van der Waals surface area contributed by atoms with Gasteiger partial charge in [-0.25, -0.2) is 4.79 Å². The number of thioether (sulfide) groups is 1. The van der Waals surface area contributed by atoms with E-state index in [1.54, 1.807) is 11.8 Å². The van der Waals surface area contributed by atoms with E-state index < -0.39 is 5.97 Å². The van der Waals surface area contributed by atoms with Crippen LogP contribution in [0.3, 0.4) is 0 Å². The third-order valence-corrected chi connectivity index (χ3v) is 3.55. The Hall–Kier alpha value is -1.40. The third-order valence-electron chi connectivity index (χ3n) is 2.13. The molecule has 0 spiro atoms. The van der Waals surface area contributed by atoms with Crippen molar-refractivity contribution in [2.75, 3.05) is 5.75 Å². The standard InChI is InChI=1S/C11H10N2O2S2/c1-2-16-8-5-3-7(4-6-8)9-10(11(14)15)13-17-12-9/h3-6H,2H2,1H3,(H,14,15). The summed E-state index contributed by atoms with van der Waals surface area (Å²) in [6, 6.07) is 7.69. The highest BCUT2D eigenvalue weighted by Gasteiger charge is 2.16. The SMILES string of the molecule is CCSc1ccc(-c2nsnc2C(=O)O)cc1. The zero-order chi connectivity index (χ0) is 12.3. The quantitative estimate of drug-likeness (QED) is 0.862. The van der Waals surface area contributed by atoms with E-state index >= 15 is 0 Å². The normalized spacial score (nSPS) is 10.4. The minimum atomic E-state index is -1.04. The largest absolute Gasteiger partial charge is 0.476 e. The fourth-order valence-electron chi connectivity index (χ4n) is 1.39. The zero-order valence-corrected chi connectivity index (χ0v) is 10.7. The number of carbonyl (C=O) groups is 1. The minimum absolute atomic E-state index is 0.0193. The number of benzene rings is 1. The predicted octanol–water partition coefficient (Wildman–Crippen LogP) is 3.02. The van der Waals surface area contributed by atoms with E-state index in [-0.39, 0.29) is 5.69 Å². The summed E-state index contributed by atoms with van der Waals surface area (Å²) >= 11 is 2.66. The Labute approximate surface area is 107 Å². The Morgan fingerprint density at radius 1 is 1.35 bits per heavy atom. The maximum absolute atomic E-state index is 10.9. The van der Waals surface area contributed by atoms with Crippen LogP contribution in [0.4, 0.5) is 0 Å². The molecule has 0 atom stereocenters. The molecule has 0 unspecified atom stereocenters. The summed E-state index contributed by atoms with van der Waals surface area (Å²) in [6.45, 7) is 2.09. The molecule has 1 aromatic heterocycles. The molecule has 0 bridgehead atoms. The van der Waals surface area contributed by atoms with Gasteiger partial charge < -0.3 is 5.11 Å². The molecule has 4 nitrogen and oxygen atoms in total. The highest BCUT2D eigenvalue weighted by atomic mass is 32.2. The summed E-state index contributed by atoms with van der Waals surface area (Å²) in [7, 11) is 0. The van der Waals surface area contributed by atoms with E-state index in [1.807, 2.05) is 24.3 Å². The van der Waals surface area contributed by atoms with Crippen LogP contribution in [0, 0.1) is 0 Å². The predicted molar refractivity (Wildman–Crippen MR) is 68.7 cm³/mol. The molecule has 1 N–H and O–H groups in total. The zero-order valence-electron chi connectivity index (χ0n) is 9.08. The second-order valence-electron chi connectivity index (χ2n) is 3.22. The number of carboxylic acid groups (broad SMARTS) is 1. The Morgan fingerprint density at radius 2 is 2.06 bits per heavy atom. The van der Waals surface area contributed by atoms with Crippen molar-refractivity contribution in [3.05, 3.63) is 30.0 Å². The van der Waals surface area contributed by atoms with Crippen molar-refractivity contribution in [2.45, 2.75) is 11.8 Å². The van der Waals surface area contributed by atoms with E-state index in [0.29, 0.717) is 5.69 Å². The number of carboxylic acids is 1. The lowest BCUT2D eigenvalue weighted by molar-refractivity contribution is 0.0692. The molecule has 0 amide bonds. The molecule has 2 rings (SSSR count). The molecule has 0 fully saturated rings. The van der Waals surface area contributed by atoms with Crippen LogP contribution in [0.2, 0.25) is 0 Å². The molecule has 0 aliphatic rings. The van der Waals surface area contributed by atoms with Crippen molar-refractivity contribution in [1.82, 2.24) is 8.75 Å². The fourth-order valence-corrected chi connectivity index (χ4v) is 2.62. The summed E-state index contributed by atoms with van der Waals surface area (Å²) in [6.07, 6.45) is 0. The van der Waals surface area contributed by atoms with Gasteiger partial charge in [0, 0.05) is 10.5 Å². The fraction of sp³-hybridized carbons (Fsp3) is 0.182. The van der Waals surface area contributed by atoms with Gasteiger partial charge in [-0.15, -0.1) is 11.8 Å². The van der Waals surface area contributed by atoms with Gasteiger partial charge in [-0.05, 0) is 17.9 Å². The smallest absolute Gasteiger partial charge is 0.357 e. The molecule has 2 aromatic rings. The summed E-state index contributed by atoms with van der Waals surface area (Å²) in [5.74, 6) is -0.0291. The number of hydrogen-bond donors (Lipinski definition) is 1. The summed E-state index contributed by atoms with van der Waals surface area (Å²) < 4.78 is 7.80. The molecule has 0 radical (unpaired) electrons. The van der Waals surface area contributed by atoms with E-state index in [4.69, 9.17) is 5.11 Å². The van der Waals surface area contributed by atoms with Crippen LogP contribution in [0.5, 0.6) is 0 Å². The summed E-state index contributed by atoms with van der Waals surface area (Å²) in [4.78, 5) is 12.1. The van der Waals surface area contributed by atoms with Gasteiger partial charge in [-0.3, -0.25) is 0 Å². The number of hydrogen-bond acceptors (Lipinski definition) is 5. The van der Waals surface area contributed by atoms with Gasteiger partial charge in [0.1, 0.15) is 5.69 Å². The van der Waals surface area contributed by atoms with E-state index in [1.165, 1.54) is 0 Å². The highest BCUT2D eigenvalue weighted by Crippen LogP contribution is 2.25. The topological polar surface area (TPSA) is 63.1 Å². The number of nitrogens with zero attached hydrogens (tertiary/aromatic N) is 2. The van der Waals surface area contributed by atoms with Crippen molar-refractivity contribution in [2.24, 2.45) is 0 Å². The van der Waals surface area contributed by atoms with E-state index in [9.17, 15) is 4.79 Å². The van der Waals surface area contributed by atoms with Gasteiger partial charge in [-0.2, -0.15) is 8.75 Å². The average molecular weight is 266 g/mol. The number of aromatic carboxylic acids is 1. The van der Waals surface area contributed by atoms with Crippen molar-refractivity contribution in [1.29, 1.82) is 0 Å². The average Bonchev–Trinajstić information content (AvgIpc) is 2.79. The molecule has 1 aromatic carbocycles. The van der Waals surface area contributed by atoms with Gasteiger partial charge in [0.2, 0.25) is 0 Å². The molecular weight excluding hydrogens is 256 g/mol. The highest BCUT2D eigenvalue weighted by molar-refractivity contribution is 7.99. The Morgan fingerprint density at radius 3 is 2.65 bits per heavy atom. The van der Waals surface area contributed by atoms with Crippen LogP contribution < -0.4 is 0 Å². The lowest BCUT2D eigenvalue weighted by atomic mass is 10.1. The van der Waals surface area contributed by atoms with Crippen LogP contribution in [0.25, 0.3) is 11.3 Å². The Bertz CT molecular complexity index is 523. The first-order valence-corrected chi connectivity index (χ1v) is 6.73. The number of aromatic nitrogens is 2. The van der Waals surface area contributed by atoms with E-state index in [2.05, 4.69) is 15.7 Å². The molecule has 88 valence electrons. The first-order chi connectivity index (χ1) is 8.22. The molecule has 0 saturated carbocycles. The molecule has 17 heavy (non-hydrogen) atoms. The maximum Gasteiger partial charge on any atom is 0.357 e. The van der Waals surface area contributed by atoms with E-state index in [0.717, 1.165) is 27.9 Å². The van der Waals surface area contributed by atoms with Crippen molar-refractivity contribution in [3.8, 4) is 11.3 Å². The second kappa shape index (κ2) is 5.29. The Kier molecular flexibility index (Phi) is 3.75. The lowest BCUT2D eigenvalue weighted by Crippen LogP contribution is -1.98. The third kappa shape index (κ3) is 2.65. The van der Waals surface area contributed by atoms with Gasteiger partial charge in [-0.1, -0.05) is 19.1 Å². The molecule has 0 aliphatic heterocycles.